The number of hydrogen-bond donors (Lipinski definition) is 2. The van der Waals surface area contributed by atoms with Gasteiger partial charge in [0.1, 0.15) is 40.5 Å². The number of rotatable bonds is 8. The van der Waals surface area contributed by atoms with Gasteiger partial charge in [-0.2, -0.15) is 0 Å². The molecule has 2 N–H and O–H groups in total. The van der Waals surface area contributed by atoms with Crippen LogP contribution in [0.2, 0.25) is 0 Å². The van der Waals surface area contributed by atoms with Gasteiger partial charge in [0.05, 0.1) is 31.7 Å². The third-order valence-corrected chi connectivity index (χ3v) is 12.3. The van der Waals surface area contributed by atoms with Gasteiger partial charge in [0.2, 0.25) is 0 Å². The fourth-order valence-corrected chi connectivity index (χ4v) is 8.98. The summed E-state index contributed by atoms with van der Waals surface area (Å²) in [5, 5.41) is 1.30. The summed E-state index contributed by atoms with van der Waals surface area (Å²) in [5.74, 6) is -1.91. The maximum atomic E-state index is 13.0. The second-order valence-electron chi connectivity index (χ2n) is 12.2. The van der Waals surface area contributed by atoms with E-state index in [1.54, 1.807) is 0 Å². The summed E-state index contributed by atoms with van der Waals surface area (Å²) in [6, 6.07) is 15.6. The first-order chi connectivity index (χ1) is 27.0. The molecule has 0 heterocycles. The van der Waals surface area contributed by atoms with E-state index in [9.17, 15) is 66.3 Å². The van der Waals surface area contributed by atoms with Gasteiger partial charge in [0, 0.05) is 33.6 Å². The second-order valence-corrected chi connectivity index (χ2v) is 17.9. The number of anilines is 2. The molecule has 0 saturated carbocycles. The van der Waals surface area contributed by atoms with E-state index in [1.807, 2.05) is 0 Å². The molecule has 2 atom stereocenters. The van der Waals surface area contributed by atoms with Gasteiger partial charge in [0.25, 0.3) is 11.8 Å². The van der Waals surface area contributed by atoms with Gasteiger partial charge >= 0.3 is 124 Å². The maximum absolute atomic E-state index is 13.0. The minimum absolute atomic E-state index is 0. The van der Waals surface area contributed by atoms with E-state index in [1.165, 1.54) is 48.5 Å². The van der Waals surface area contributed by atoms with Crippen molar-refractivity contribution >= 4 is 81.1 Å². The van der Waals surface area contributed by atoms with Crippen LogP contribution in [0.25, 0.3) is 0 Å². The fourth-order valence-electron chi connectivity index (χ4n) is 5.99. The standard InChI is InChI=1S/C35H26N4O15S4.4Na/c40-33(38-25-15-17-27(55(43,44)45)23-3-1-5-29(31(23)25)57(49,50)51)19-7-11-21(12-8-19)36-35(42)37-22-13-9-20(10-14-22)34(41)39-26-16-18-28(56(46,47)48)24-4-2-6-30(32(24)26)58(52,53)54;;;;/h1-18,27-28H,(H2,36,37,42)(H,43,44,45)(H,46,47,48)(H,49,50,51)(H,52,53,54);;;;/q;4*+1/p-4. The Balaban J connectivity index is 0.00000331. The van der Waals surface area contributed by atoms with E-state index in [4.69, 9.17) is 0 Å². The molecule has 6 rings (SSSR count). The second kappa shape index (κ2) is 22.0. The van der Waals surface area contributed by atoms with Gasteiger partial charge in [-0.25, -0.2) is 48.5 Å². The van der Waals surface area contributed by atoms with E-state index in [0.29, 0.717) is 0 Å². The predicted molar refractivity (Wildman–Crippen MR) is 199 cm³/mol. The number of aliphatic imine (C=N–C) groups is 2. The largest absolute Gasteiger partial charge is 1.00 e. The third kappa shape index (κ3) is 13.1. The maximum Gasteiger partial charge on any atom is 1.00 e. The molecule has 0 saturated heterocycles. The van der Waals surface area contributed by atoms with Gasteiger partial charge in [-0.05, 0) is 83.9 Å². The van der Waals surface area contributed by atoms with Gasteiger partial charge in [0.15, 0.2) is 0 Å². The number of hydrogen-bond acceptors (Lipinski definition) is 15. The Morgan fingerprint density at radius 3 is 1.10 bits per heavy atom. The molecule has 2 aliphatic carbocycles. The first-order valence-corrected chi connectivity index (χ1v) is 21.8. The number of carbonyl (C=O) groups is 3. The van der Waals surface area contributed by atoms with Crippen LogP contribution in [-0.2, 0) is 40.5 Å². The third-order valence-electron chi connectivity index (χ3n) is 8.48. The summed E-state index contributed by atoms with van der Waals surface area (Å²) in [6.45, 7) is 0. The summed E-state index contributed by atoms with van der Waals surface area (Å²) < 4.78 is 143. The summed E-state index contributed by atoms with van der Waals surface area (Å²) in [6.07, 6.45) is 3.70. The van der Waals surface area contributed by atoms with Crippen LogP contribution in [0.4, 0.5) is 16.2 Å². The van der Waals surface area contributed by atoms with Gasteiger partial charge in [-0.15, -0.1) is 0 Å². The van der Waals surface area contributed by atoms with Gasteiger partial charge in [-0.3, -0.25) is 9.59 Å². The Morgan fingerprint density at radius 1 is 0.484 bits per heavy atom. The Bertz CT molecular complexity index is 2810. The molecular weight excluding hydrogens is 937 g/mol. The van der Waals surface area contributed by atoms with Crippen molar-refractivity contribution in [3.63, 3.8) is 0 Å². The van der Waals surface area contributed by atoms with Crippen LogP contribution in [0.3, 0.4) is 0 Å². The van der Waals surface area contributed by atoms with E-state index < -0.39 is 89.7 Å². The van der Waals surface area contributed by atoms with Crippen molar-refractivity contribution in [1.82, 2.24) is 0 Å². The minimum atomic E-state index is -5.21. The number of urea groups is 1. The number of nitrogens with one attached hydrogen (secondary N) is 2. The predicted octanol–water partition coefficient (Wildman–Crippen LogP) is -9.27. The molecule has 0 aromatic heterocycles. The quantitative estimate of drug-likeness (QED) is 0.122. The molecule has 62 heavy (non-hydrogen) atoms. The smallest absolute Gasteiger partial charge is 0.747 e. The molecular formula is C35H22N4Na4O15S4. The zero-order chi connectivity index (χ0) is 42.4. The Kier molecular flexibility index (Phi) is 19.9. The van der Waals surface area contributed by atoms with Gasteiger partial charge < -0.3 is 28.8 Å². The molecule has 300 valence electrons. The summed E-state index contributed by atoms with van der Waals surface area (Å²) in [4.78, 5) is 44.7. The zero-order valence-corrected chi connectivity index (χ0v) is 44.0. The molecule has 0 spiro atoms. The van der Waals surface area contributed by atoms with E-state index in [0.717, 1.165) is 60.7 Å². The average Bonchev–Trinajstić information content (AvgIpc) is 3.13. The average molecular weight is 959 g/mol. The summed E-state index contributed by atoms with van der Waals surface area (Å²) in [7, 11) is -20.5. The molecule has 4 aromatic carbocycles. The van der Waals surface area contributed by atoms with E-state index >= 15 is 0 Å². The molecule has 19 nitrogen and oxygen atoms in total. The van der Waals surface area contributed by atoms with Crippen molar-refractivity contribution in [3.8, 4) is 0 Å². The molecule has 2 unspecified atom stereocenters. The van der Waals surface area contributed by atoms with Crippen molar-refractivity contribution < 1.29 is 184 Å². The SMILES string of the molecule is O=C(Nc1ccc(C(=O)N=C2C=CC(S(=O)(=O)[O-])c3cccc(S(=O)(=O)[O-])c32)cc1)Nc1ccc(C(=O)N=C2C=CC(S(=O)(=O)[O-])c3cccc(S(=O)(=O)[O-])c32)cc1.[Na+].[Na+].[Na+].[Na+]. The first kappa shape index (κ1) is 56.1. The first-order valence-electron chi connectivity index (χ1n) is 16.0. The molecule has 0 bridgehead atoms. The van der Waals surface area contributed by atoms with Crippen LogP contribution in [0.15, 0.2) is 129 Å². The summed E-state index contributed by atoms with van der Waals surface area (Å²) >= 11 is 0. The minimum Gasteiger partial charge on any atom is -0.747 e. The van der Waals surface area contributed by atoms with Crippen LogP contribution in [0.5, 0.6) is 0 Å². The normalized spacial score (nSPS) is 16.8. The molecule has 0 fully saturated rings. The Labute approximate surface area is 443 Å². The fraction of sp³-hybridized carbons (Fsp3) is 0.0571. The Hall–Kier alpha value is -2.05. The molecule has 4 aromatic rings. The molecule has 2 aliphatic rings. The number of fused-ring (bicyclic) bond motifs is 2. The van der Waals surface area contributed by atoms with Crippen LogP contribution >= 0.6 is 0 Å². The van der Waals surface area contributed by atoms with Crippen molar-refractivity contribution in [1.29, 1.82) is 0 Å². The number of benzene rings is 4. The van der Waals surface area contributed by atoms with Crippen LogP contribution in [0, 0.1) is 0 Å². The van der Waals surface area contributed by atoms with Crippen LogP contribution in [0.1, 0.15) is 53.5 Å². The number of nitrogens with zero attached hydrogens (tertiary/aromatic N) is 2. The topological polar surface area (TPSA) is 329 Å². The number of carbonyl (C=O) groups excluding carboxylic acids is 3. The zero-order valence-electron chi connectivity index (χ0n) is 32.7. The molecule has 27 heteroatoms. The monoisotopic (exact) mass is 958 g/mol. The van der Waals surface area contributed by atoms with Crippen molar-refractivity contribution in [3.05, 3.63) is 143 Å². The molecule has 4 amide bonds. The Morgan fingerprint density at radius 2 is 0.806 bits per heavy atom. The molecule has 0 aliphatic heterocycles. The van der Waals surface area contributed by atoms with Crippen molar-refractivity contribution in [2.75, 3.05) is 10.6 Å². The van der Waals surface area contributed by atoms with Crippen LogP contribution in [-0.4, -0.2) is 81.2 Å². The van der Waals surface area contributed by atoms with Crippen molar-refractivity contribution in [2.45, 2.75) is 20.3 Å². The van der Waals surface area contributed by atoms with E-state index in [-0.39, 0.29) is 163 Å². The van der Waals surface area contributed by atoms with Crippen molar-refractivity contribution in [2.24, 2.45) is 9.98 Å². The van der Waals surface area contributed by atoms with Gasteiger partial charge in [-0.1, -0.05) is 36.4 Å². The van der Waals surface area contributed by atoms with E-state index in [2.05, 4.69) is 20.6 Å². The summed E-state index contributed by atoms with van der Waals surface area (Å²) in [5.41, 5.74) is -2.30. The number of amides is 4. The van der Waals surface area contributed by atoms with Crippen LogP contribution < -0.4 is 129 Å². The molecule has 0 radical (unpaired) electrons. The number of allylic oxidation sites excluding steroid dienone is 2.